The van der Waals surface area contributed by atoms with Crippen molar-refractivity contribution in [1.82, 2.24) is 5.32 Å². The molecule has 5 aliphatic rings. The molecule has 0 spiro atoms. The summed E-state index contributed by atoms with van der Waals surface area (Å²) in [6.07, 6.45) is 8.37. The van der Waals surface area contributed by atoms with Crippen molar-refractivity contribution in [3.8, 4) is 0 Å². The second-order valence-corrected chi connectivity index (χ2v) is 7.68. The fourth-order valence-electron chi connectivity index (χ4n) is 6.44. The van der Waals surface area contributed by atoms with Gasteiger partial charge in [0.15, 0.2) is 0 Å². The Labute approximate surface area is 115 Å². The third kappa shape index (κ3) is 1.70. The topological polar surface area (TPSA) is 49.3 Å². The Hall–Kier alpha value is -0.570. The number of carbonyl (C=O) groups is 1. The SMILES string of the molecule is O=C(O)C12CC3CC(CC(C3)C1C1CCNCC1)C2. The predicted molar refractivity (Wildman–Crippen MR) is 72.7 cm³/mol. The summed E-state index contributed by atoms with van der Waals surface area (Å²) >= 11 is 0. The predicted octanol–water partition coefficient (Wildman–Crippen LogP) is 2.51. The first-order valence-corrected chi connectivity index (χ1v) is 8.13. The molecule has 4 saturated carbocycles. The zero-order valence-electron chi connectivity index (χ0n) is 11.6. The molecule has 3 heteroatoms. The molecule has 5 fully saturated rings. The van der Waals surface area contributed by atoms with Crippen molar-refractivity contribution in [2.24, 2.45) is 35.0 Å². The maximum atomic E-state index is 12.1. The third-order valence-electron chi connectivity index (χ3n) is 6.71. The van der Waals surface area contributed by atoms with Gasteiger partial charge in [-0.1, -0.05) is 0 Å². The summed E-state index contributed by atoms with van der Waals surface area (Å²) in [7, 11) is 0. The maximum absolute atomic E-state index is 12.1. The van der Waals surface area contributed by atoms with Gasteiger partial charge in [-0.25, -0.2) is 0 Å². The van der Waals surface area contributed by atoms with Gasteiger partial charge in [-0.15, -0.1) is 0 Å². The van der Waals surface area contributed by atoms with Gasteiger partial charge in [0.05, 0.1) is 5.41 Å². The second kappa shape index (κ2) is 4.21. The summed E-state index contributed by atoms with van der Waals surface area (Å²) in [6, 6.07) is 0. The van der Waals surface area contributed by atoms with Crippen molar-refractivity contribution in [2.45, 2.75) is 44.9 Å². The van der Waals surface area contributed by atoms with Crippen molar-refractivity contribution < 1.29 is 9.90 Å². The van der Waals surface area contributed by atoms with Crippen LogP contribution in [0.25, 0.3) is 0 Å². The normalized spacial score (nSPS) is 49.5. The lowest BCUT2D eigenvalue weighted by Gasteiger charge is -2.61. The zero-order chi connectivity index (χ0) is 13.0. The number of hydrogen-bond donors (Lipinski definition) is 2. The molecule has 1 saturated heterocycles. The number of carboxylic acids is 1. The fourth-order valence-corrected chi connectivity index (χ4v) is 6.44. The number of rotatable bonds is 2. The zero-order valence-corrected chi connectivity index (χ0v) is 11.6. The van der Waals surface area contributed by atoms with Crippen LogP contribution in [0, 0.1) is 35.0 Å². The standard InChI is InChI=1S/C16H25NO2/c18-15(19)16-8-10-5-11(9-16)7-13(6-10)14(16)12-1-3-17-4-2-12/h10-14,17H,1-9H2,(H,18,19). The second-order valence-electron chi connectivity index (χ2n) is 7.68. The van der Waals surface area contributed by atoms with Gasteiger partial charge in [0.1, 0.15) is 0 Å². The summed E-state index contributed by atoms with van der Waals surface area (Å²) in [5.41, 5.74) is -0.337. The minimum absolute atomic E-state index is 0.337. The molecule has 0 radical (unpaired) electrons. The first-order valence-electron chi connectivity index (χ1n) is 8.13. The highest BCUT2D eigenvalue weighted by molar-refractivity contribution is 5.76. The highest BCUT2D eigenvalue weighted by Gasteiger charge is 2.62. The lowest BCUT2D eigenvalue weighted by molar-refractivity contribution is -0.185. The smallest absolute Gasteiger partial charge is 0.309 e. The van der Waals surface area contributed by atoms with Crippen LogP contribution in [0.3, 0.4) is 0 Å². The molecular formula is C16H25NO2. The molecule has 2 N–H and O–H groups in total. The van der Waals surface area contributed by atoms with E-state index in [-0.39, 0.29) is 5.41 Å². The summed E-state index contributed by atoms with van der Waals surface area (Å²) in [5.74, 6) is 2.88. The van der Waals surface area contributed by atoms with E-state index in [1.807, 2.05) is 0 Å². The van der Waals surface area contributed by atoms with E-state index in [9.17, 15) is 9.90 Å². The van der Waals surface area contributed by atoms with E-state index in [2.05, 4.69) is 5.32 Å². The first-order chi connectivity index (χ1) is 9.19. The van der Waals surface area contributed by atoms with Gasteiger partial charge in [-0.3, -0.25) is 4.79 Å². The van der Waals surface area contributed by atoms with Crippen LogP contribution in [-0.2, 0) is 4.79 Å². The van der Waals surface area contributed by atoms with Crippen molar-refractivity contribution in [3.63, 3.8) is 0 Å². The van der Waals surface area contributed by atoms with Gasteiger partial charge in [-0.2, -0.15) is 0 Å². The summed E-state index contributed by atoms with van der Waals surface area (Å²) in [5, 5.41) is 13.4. The van der Waals surface area contributed by atoms with E-state index < -0.39 is 5.97 Å². The van der Waals surface area contributed by atoms with E-state index in [4.69, 9.17) is 0 Å². The molecule has 5 rings (SSSR count). The summed E-state index contributed by atoms with van der Waals surface area (Å²) < 4.78 is 0. The number of piperidine rings is 1. The Kier molecular flexibility index (Phi) is 2.70. The summed E-state index contributed by atoms with van der Waals surface area (Å²) in [6.45, 7) is 2.19. The van der Waals surface area contributed by atoms with Crippen LogP contribution < -0.4 is 5.32 Å². The Bertz CT molecular complexity index is 372. The number of nitrogens with one attached hydrogen (secondary N) is 1. The lowest BCUT2D eigenvalue weighted by Crippen LogP contribution is -2.59. The molecule has 3 nitrogen and oxygen atoms in total. The van der Waals surface area contributed by atoms with Gasteiger partial charge in [-0.05, 0) is 87.6 Å². The highest BCUT2D eigenvalue weighted by atomic mass is 16.4. The maximum Gasteiger partial charge on any atom is 0.309 e. The monoisotopic (exact) mass is 263 g/mol. The van der Waals surface area contributed by atoms with E-state index in [1.54, 1.807) is 0 Å². The van der Waals surface area contributed by atoms with Crippen molar-refractivity contribution in [2.75, 3.05) is 13.1 Å². The molecule has 0 aromatic rings. The third-order valence-corrected chi connectivity index (χ3v) is 6.71. The van der Waals surface area contributed by atoms with E-state index in [0.717, 1.165) is 43.7 Å². The fraction of sp³-hybridized carbons (Fsp3) is 0.938. The van der Waals surface area contributed by atoms with Crippen LogP contribution in [0.5, 0.6) is 0 Å². The van der Waals surface area contributed by atoms with Crippen LogP contribution in [0.15, 0.2) is 0 Å². The van der Waals surface area contributed by atoms with Crippen molar-refractivity contribution in [1.29, 1.82) is 0 Å². The van der Waals surface area contributed by atoms with Gasteiger partial charge in [0, 0.05) is 0 Å². The quantitative estimate of drug-likeness (QED) is 0.805. The largest absolute Gasteiger partial charge is 0.481 e. The van der Waals surface area contributed by atoms with Gasteiger partial charge in [0.2, 0.25) is 0 Å². The van der Waals surface area contributed by atoms with Gasteiger partial charge < -0.3 is 10.4 Å². The lowest BCUT2D eigenvalue weighted by atomic mass is 9.42. The molecule has 4 aliphatic carbocycles. The molecule has 0 amide bonds. The minimum atomic E-state index is -0.463. The van der Waals surface area contributed by atoms with Gasteiger partial charge >= 0.3 is 5.97 Å². The molecule has 3 atom stereocenters. The summed E-state index contributed by atoms with van der Waals surface area (Å²) in [4.78, 5) is 12.1. The Balaban J connectivity index is 1.69. The van der Waals surface area contributed by atoms with Crippen LogP contribution >= 0.6 is 0 Å². The molecular weight excluding hydrogens is 238 g/mol. The van der Waals surface area contributed by atoms with E-state index in [1.165, 1.54) is 32.1 Å². The molecule has 1 aliphatic heterocycles. The number of aliphatic carboxylic acids is 1. The molecule has 1 heterocycles. The van der Waals surface area contributed by atoms with Crippen molar-refractivity contribution in [3.05, 3.63) is 0 Å². The first kappa shape index (κ1) is 12.2. The Morgan fingerprint density at radius 2 is 1.63 bits per heavy atom. The molecule has 106 valence electrons. The number of carboxylic acid groups (broad SMARTS) is 1. The average molecular weight is 263 g/mol. The van der Waals surface area contributed by atoms with E-state index >= 15 is 0 Å². The highest BCUT2D eigenvalue weighted by Crippen LogP contribution is 2.65. The molecule has 0 aromatic heterocycles. The number of hydrogen-bond acceptors (Lipinski definition) is 2. The molecule has 19 heavy (non-hydrogen) atoms. The Morgan fingerprint density at radius 1 is 1.00 bits per heavy atom. The van der Waals surface area contributed by atoms with E-state index in [0.29, 0.717) is 11.8 Å². The van der Waals surface area contributed by atoms with Crippen LogP contribution in [0.4, 0.5) is 0 Å². The average Bonchev–Trinajstić information content (AvgIpc) is 2.38. The van der Waals surface area contributed by atoms with Crippen LogP contribution in [0.1, 0.15) is 44.9 Å². The molecule has 3 unspecified atom stereocenters. The van der Waals surface area contributed by atoms with Crippen LogP contribution in [-0.4, -0.2) is 24.2 Å². The minimum Gasteiger partial charge on any atom is -0.481 e. The van der Waals surface area contributed by atoms with Crippen molar-refractivity contribution >= 4 is 5.97 Å². The van der Waals surface area contributed by atoms with Crippen LogP contribution in [0.2, 0.25) is 0 Å². The Morgan fingerprint density at radius 3 is 2.21 bits per heavy atom. The van der Waals surface area contributed by atoms with Gasteiger partial charge in [0.25, 0.3) is 0 Å². The molecule has 0 aromatic carbocycles. The molecule has 4 bridgehead atoms.